The zero-order valence-corrected chi connectivity index (χ0v) is 21.3. The average Bonchev–Trinajstić information content (AvgIpc) is 3.47. The molecule has 2 aliphatic rings. The van der Waals surface area contributed by atoms with Crippen molar-refractivity contribution in [3.8, 4) is 6.07 Å². The molecule has 0 bridgehead atoms. The number of fused-ring (bicyclic) bond motifs is 1. The third-order valence-corrected chi connectivity index (χ3v) is 8.02. The van der Waals surface area contributed by atoms with Crippen molar-refractivity contribution in [3.05, 3.63) is 57.5 Å². The number of hydrogen-bond acceptors (Lipinski definition) is 6. The Hall–Kier alpha value is -2.50. The van der Waals surface area contributed by atoms with E-state index in [-0.39, 0.29) is 24.4 Å². The van der Waals surface area contributed by atoms with E-state index in [2.05, 4.69) is 34.1 Å². The van der Waals surface area contributed by atoms with Crippen molar-refractivity contribution < 1.29 is 5.11 Å². The van der Waals surface area contributed by atoms with Crippen LogP contribution in [0.3, 0.4) is 0 Å². The van der Waals surface area contributed by atoms with E-state index < -0.39 is 0 Å². The first kappa shape index (κ1) is 24.2. The van der Waals surface area contributed by atoms with Crippen LogP contribution in [0.15, 0.2) is 30.5 Å². The molecule has 7 nitrogen and oxygen atoms in total. The number of halogens is 2. The van der Waals surface area contributed by atoms with Crippen LogP contribution in [-0.2, 0) is 0 Å². The van der Waals surface area contributed by atoms with Gasteiger partial charge in [-0.05, 0) is 68.3 Å². The number of rotatable bonds is 5. The molecule has 1 unspecified atom stereocenters. The van der Waals surface area contributed by atoms with E-state index >= 15 is 0 Å². The molecule has 1 fully saturated rings. The zero-order valence-electron chi connectivity index (χ0n) is 19.8. The minimum atomic E-state index is -0.261. The van der Waals surface area contributed by atoms with Crippen molar-refractivity contribution in [2.45, 2.75) is 57.7 Å². The predicted octanol–water partition coefficient (Wildman–Crippen LogP) is 5.25. The Morgan fingerprint density at radius 2 is 2.11 bits per heavy atom. The lowest BCUT2D eigenvalue weighted by molar-refractivity contribution is 0.0950. The van der Waals surface area contributed by atoms with Gasteiger partial charge in [0.05, 0.1) is 24.5 Å². The second kappa shape index (κ2) is 9.87. The van der Waals surface area contributed by atoms with Crippen molar-refractivity contribution in [1.29, 1.82) is 5.26 Å². The van der Waals surface area contributed by atoms with Gasteiger partial charge in [0.2, 0.25) is 0 Å². The fourth-order valence-electron chi connectivity index (χ4n) is 5.63. The highest BCUT2D eigenvalue weighted by Gasteiger charge is 2.34. The number of aliphatic hydroxyl groups is 1. The van der Waals surface area contributed by atoms with Gasteiger partial charge in [0.15, 0.2) is 11.3 Å². The quantitative estimate of drug-likeness (QED) is 0.503. The number of aromatic nitrogens is 4. The number of aliphatic hydroxyl groups excluding tert-OH is 1. The van der Waals surface area contributed by atoms with E-state index in [0.717, 1.165) is 49.1 Å². The van der Waals surface area contributed by atoms with E-state index in [0.29, 0.717) is 33.2 Å². The summed E-state index contributed by atoms with van der Waals surface area (Å²) >= 11 is 12.5. The van der Waals surface area contributed by atoms with Crippen LogP contribution < -0.4 is 0 Å². The van der Waals surface area contributed by atoms with Crippen molar-refractivity contribution in [2.24, 2.45) is 5.92 Å². The molecule has 182 valence electrons. The Morgan fingerprint density at radius 3 is 2.83 bits per heavy atom. The first-order chi connectivity index (χ1) is 16.9. The van der Waals surface area contributed by atoms with Crippen LogP contribution in [-0.4, -0.2) is 55.0 Å². The second-order valence-corrected chi connectivity index (χ2v) is 10.4. The summed E-state index contributed by atoms with van der Waals surface area (Å²) in [5.41, 5.74) is 4.10. The number of likely N-dealkylation sites (tertiary alicyclic amines) is 1. The van der Waals surface area contributed by atoms with Crippen molar-refractivity contribution in [1.82, 2.24) is 24.6 Å². The van der Waals surface area contributed by atoms with Crippen LogP contribution in [0.4, 0.5) is 0 Å². The average molecular weight is 511 g/mol. The molecule has 3 aromatic rings. The molecule has 9 heteroatoms. The molecule has 0 spiro atoms. The third kappa shape index (κ3) is 4.45. The van der Waals surface area contributed by atoms with E-state index in [1.165, 1.54) is 0 Å². The number of nitriles is 1. The molecule has 5 rings (SSSR count). The molecule has 0 amide bonds. The zero-order chi connectivity index (χ0) is 24.7. The molecule has 1 N–H and O–H groups in total. The van der Waals surface area contributed by atoms with Gasteiger partial charge in [-0.3, -0.25) is 4.90 Å². The van der Waals surface area contributed by atoms with Gasteiger partial charge < -0.3 is 5.11 Å². The Kier molecular flexibility index (Phi) is 6.82. The van der Waals surface area contributed by atoms with Gasteiger partial charge in [0.25, 0.3) is 0 Å². The van der Waals surface area contributed by atoms with Crippen LogP contribution in [0.2, 0.25) is 10.0 Å². The summed E-state index contributed by atoms with van der Waals surface area (Å²) in [7, 11) is 0. The highest BCUT2D eigenvalue weighted by atomic mass is 35.5. The molecule has 1 aliphatic heterocycles. The van der Waals surface area contributed by atoms with Crippen LogP contribution in [0.5, 0.6) is 0 Å². The first-order valence-corrected chi connectivity index (χ1v) is 12.8. The first-order valence-electron chi connectivity index (χ1n) is 12.1. The van der Waals surface area contributed by atoms with Crippen LogP contribution >= 0.6 is 23.2 Å². The minimum absolute atomic E-state index is 0.225. The predicted molar refractivity (Wildman–Crippen MR) is 137 cm³/mol. The normalized spacial score (nSPS) is 23.9. The summed E-state index contributed by atoms with van der Waals surface area (Å²) in [6, 6.07) is 7.95. The molecule has 3 heterocycles. The van der Waals surface area contributed by atoms with Crippen molar-refractivity contribution >= 4 is 39.9 Å². The van der Waals surface area contributed by atoms with E-state index in [1.54, 1.807) is 23.0 Å². The molecule has 0 saturated carbocycles. The molecule has 4 atom stereocenters. The molecule has 1 aliphatic carbocycles. The number of hydrogen-bond donors (Lipinski definition) is 1. The second-order valence-electron chi connectivity index (χ2n) is 9.55. The highest BCUT2D eigenvalue weighted by Crippen LogP contribution is 2.36. The monoisotopic (exact) mass is 510 g/mol. The van der Waals surface area contributed by atoms with Gasteiger partial charge >= 0.3 is 0 Å². The summed E-state index contributed by atoms with van der Waals surface area (Å²) < 4.78 is 1.73. The van der Waals surface area contributed by atoms with E-state index in [1.807, 2.05) is 13.0 Å². The number of nitrogens with zero attached hydrogens (tertiary/aromatic N) is 6. The lowest BCUT2D eigenvalue weighted by atomic mass is 9.84. The van der Waals surface area contributed by atoms with Gasteiger partial charge in [0.1, 0.15) is 11.6 Å². The summed E-state index contributed by atoms with van der Waals surface area (Å²) in [5.74, 6) is 0.342. The minimum Gasteiger partial charge on any atom is -0.395 e. The molecule has 2 aromatic heterocycles. The maximum Gasteiger partial charge on any atom is 0.190 e. The summed E-state index contributed by atoms with van der Waals surface area (Å²) in [6.07, 6.45) is 8.17. The standard InChI is InChI=1S/C26H28Cl2N6O/c1-15-10-17(5-8-24(15)33-9-3-4-19(33)14-35)23-13-30-25-22(12-29)32-34(26(25)31-23)16(2)20-7-6-18(27)11-21(20)28/h6-7,10-11,13,15-16,19,24,35H,3-5,8-9,14H2,1-2H3/t15-,16?,19+,24+/m1/s1. The van der Waals surface area contributed by atoms with Gasteiger partial charge in [0, 0.05) is 22.1 Å². The molecule has 35 heavy (non-hydrogen) atoms. The largest absolute Gasteiger partial charge is 0.395 e. The van der Waals surface area contributed by atoms with E-state index in [4.69, 9.17) is 28.2 Å². The summed E-state index contributed by atoms with van der Waals surface area (Å²) in [4.78, 5) is 12.0. The Labute approximate surface area is 215 Å². The van der Waals surface area contributed by atoms with Gasteiger partial charge in [-0.2, -0.15) is 10.4 Å². The van der Waals surface area contributed by atoms with Gasteiger partial charge in [-0.15, -0.1) is 0 Å². The molecule has 1 saturated heterocycles. The Bertz CT molecular complexity index is 1330. The topological polar surface area (TPSA) is 90.9 Å². The molecule has 0 radical (unpaired) electrons. The highest BCUT2D eigenvalue weighted by molar-refractivity contribution is 6.35. The maximum atomic E-state index is 9.77. The van der Waals surface area contributed by atoms with Crippen molar-refractivity contribution in [3.63, 3.8) is 0 Å². The Morgan fingerprint density at radius 1 is 1.29 bits per heavy atom. The lowest BCUT2D eigenvalue weighted by Crippen LogP contribution is -2.45. The van der Waals surface area contributed by atoms with Crippen LogP contribution in [0, 0.1) is 17.2 Å². The number of allylic oxidation sites excluding steroid dienone is 1. The molecular formula is C26H28Cl2N6O. The fraction of sp³-hybridized carbons (Fsp3) is 0.462. The van der Waals surface area contributed by atoms with Crippen molar-refractivity contribution in [2.75, 3.05) is 13.2 Å². The Balaban J connectivity index is 1.50. The fourth-order valence-corrected chi connectivity index (χ4v) is 6.20. The maximum absolute atomic E-state index is 9.77. The van der Waals surface area contributed by atoms with Gasteiger partial charge in [-0.1, -0.05) is 42.3 Å². The van der Waals surface area contributed by atoms with E-state index in [9.17, 15) is 10.4 Å². The summed E-state index contributed by atoms with van der Waals surface area (Å²) in [6.45, 7) is 5.49. The van der Waals surface area contributed by atoms with Crippen LogP contribution in [0.25, 0.3) is 16.7 Å². The molecule has 1 aromatic carbocycles. The lowest BCUT2D eigenvalue weighted by Gasteiger charge is -2.38. The molecular weight excluding hydrogens is 483 g/mol. The van der Waals surface area contributed by atoms with Gasteiger partial charge in [-0.25, -0.2) is 14.6 Å². The third-order valence-electron chi connectivity index (χ3n) is 7.46. The van der Waals surface area contributed by atoms with Crippen LogP contribution in [0.1, 0.15) is 62.5 Å². The summed E-state index contributed by atoms with van der Waals surface area (Å²) in [5, 5.41) is 25.0. The smallest absolute Gasteiger partial charge is 0.190 e. The number of benzene rings is 1. The SMILES string of the molecule is CC(c1ccc(Cl)cc1Cl)n1nc(C#N)c2ncc(C3=C[C@@H](C)[C@@H](N4CCC[C@H]4CO)CC3)nc21.